The molecule has 0 aliphatic rings. The summed E-state index contributed by atoms with van der Waals surface area (Å²) in [6.07, 6.45) is 3.84. The van der Waals surface area contributed by atoms with Crippen LogP contribution in [0.25, 0.3) is 0 Å². The second-order valence-corrected chi connectivity index (χ2v) is 6.19. The van der Waals surface area contributed by atoms with E-state index in [9.17, 15) is 9.59 Å². The number of benzene rings is 1. The number of carbonyl (C=O) groups excluding carboxylic acids is 1. The normalized spacial score (nSPS) is 10.9. The van der Waals surface area contributed by atoms with Gasteiger partial charge in [0.25, 0.3) is 11.5 Å². The monoisotopic (exact) mass is 395 g/mol. The Morgan fingerprint density at radius 3 is 2.62 bits per heavy atom. The Labute approximate surface area is 161 Å². The molecule has 0 saturated heterocycles. The van der Waals surface area contributed by atoms with Crippen molar-refractivity contribution in [3.63, 3.8) is 0 Å². The van der Waals surface area contributed by atoms with Crippen molar-refractivity contribution in [3.8, 4) is 5.75 Å². The predicted molar refractivity (Wildman–Crippen MR) is 104 cm³/mol. The molecular formula is C18H19Cl2N3O3. The Bertz CT molecular complexity index is 855. The molecule has 0 fully saturated rings. The maximum absolute atomic E-state index is 12.1. The number of carbonyl (C=O) groups is 1. The molecule has 0 unspecified atom stereocenters. The first kappa shape index (κ1) is 20.0. The molecule has 1 N–H and O–H groups in total. The van der Waals surface area contributed by atoms with Crippen LogP contribution in [0.2, 0.25) is 10.0 Å². The second-order valence-electron chi connectivity index (χ2n) is 5.37. The summed E-state index contributed by atoms with van der Waals surface area (Å²) in [7, 11) is 0. The number of amides is 1. The fourth-order valence-electron chi connectivity index (χ4n) is 2.18. The van der Waals surface area contributed by atoms with Gasteiger partial charge in [-0.15, -0.1) is 0 Å². The predicted octanol–water partition coefficient (Wildman–Crippen LogP) is 3.73. The first-order valence-corrected chi connectivity index (χ1v) is 8.88. The van der Waals surface area contributed by atoms with E-state index >= 15 is 0 Å². The molecular weight excluding hydrogens is 377 g/mol. The Morgan fingerprint density at radius 1 is 1.31 bits per heavy atom. The molecule has 1 aromatic heterocycles. The third-order valence-electron chi connectivity index (χ3n) is 3.46. The summed E-state index contributed by atoms with van der Waals surface area (Å²) in [4.78, 5) is 24.2. The highest BCUT2D eigenvalue weighted by molar-refractivity contribution is 6.37. The maximum atomic E-state index is 12.1. The van der Waals surface area contributed by atoms with Gasteiger partial charge in [-0.05, 0) is 43.2 Å². The van der Waals surface area contributed by atoms with Gasteiger partial charge in [-0.1, -0.05) is 30.1 Å². The topological polar surface area (TPSA) is 72.7 Å². The maximum Gasteiger partial charge on any atom is 0.276 e. The lowest BCUT2D eigenvalue weighted by Crippen LogP contribution is -2.30. The first-order chi connectivity index (χ1) is 12.5. The van der Waals surface area contributed by atoms with E-state index in [1.165, 1.54) is 16.8 Å². The lowest BCUT2D eigenvalue weighted by atomic mass is 10.2. The van der Waals surface area contributed by atoms with Crippen molar-refractivity contribution in [1.29, 1.82) is 0 Å². The Kier molecular flexibility index (Phi) is 7.24. The average molecular weight is 396 g/mol. The van der Waals surface area contributed by atoms with Crippen LogP contribution in [0.5, 0.6) is 5.75 Å². The van der Waals surface area contributed by atoms with Crippen molar-refractivity contribution in [2.75, 3.05) is 6.61 Å². The van der Waals surface area contributed by atoms with Crippen molar-refractivity contribution in [1.82, 2.24) is 9.99 Å². The van der Waals surface area contributed by atoms with Crippen LogP contribution in [-0.2, 0) is 6.54 Å². The minimum absolute atomic E-state index is 0.0193. The third-order valence-corrected chi connectivity index (χ3v) is 4.02. The number of nitrogens with one attached hydrogen (secondary N) is 1. The van der Waals surface area contributed by atoms with E-state index in [0.717, 1.165) is 6.42 Å². The van der Waals surface area contributed by atoms with Crippen LogP contribution in [0.3, 0.4) is 0 Å². The molecule has 2 rings (SSSR count). The van der Waals surface area contributed by atoms with Gasteiger partial charge >= 0.3 is 0 Å². The average Bonchev–Trinajstić information content (AvgIpc) is 2.61. The van der Waals surface area contributed by atoms with Crippen molar-refractivity contribution in [3.05, 3.63) is 62.0 Å². The minimum Gasteiger partial charge on any atom is -0.490 e. The summed E-state index contributed by atoms with van der Waals surface area (Å²) in [5.41, 5.74) is 2.56. The van der Waals surface area contributed by atoms with Gasteiger partial charge in [0.15, 0.2) is 5.75 Å². The molecule has 138 valence electrons. The molecule has 0 bridgehead atoms. The fraction of sp³-hybridized carbons (Fsp3) is 0.278. The van der Waals surface area contributed by atoms with Crippen LogP contribution < -0.4 is 15.7 Å². The SMILES string of the molecule is CCCOc1c(Cl)cc(/C=N\NC(=O)c2cccn(CC)c2=O)cc1Cl. The van der Waals surface area contributed by atoms with E-state index in [0.29, 0.717) is 34.5 Å². The summed E-state index contributed by atoms with van der Waals surface area (Å²) in [5.74, 6) is -0.171. The number of ether oxygens (including phenoxy) is 1. The molecule has 1 aromatic carbocycles. The number of nitrogens with zero attached hydrogens (tertiary/aromatic N) is 2. The minimum atomic E-state index is -0.589. The van der Waals surface area contributed by atoms with Crippen LogP contribution in [0, 0.1) is 0 Å². The molecule has 0 radical (unpaired) electrons. The molecule has 0 saturated carbocycles. The van der Waals surface area contributed by atoms with Crippen LogP contribution >= 0.6 is 23.2 Å². The van der Waals surface area contributed by atoms with Crippen molar-refractivity contribution in [2.24, 2.45) is 5.10 Å². The third kappa shape index (κ3) is 4.86. The zero-order valence-electron chi connectivity index (χ0n) is 14.5. The van der Waals surface area contributed by atoms with Crippen molar-refractivity contribution in [2.45, 2.75) is 26.8 Å². The second kappa shape index (κ2) is 9.40. The van der Waals surface area contributed by atoms with Gasteiger partial charge < -0.3 is 9.30 Å². The fourth-order valence-corrected chi connectivity index (χ4v) is 2.79. The van der Waals surface area contributed by atoms with Gasteiger partial charge in [-0.3, -0.25) is 9.59 Å². The van der Waals surface area contributed by atoms with E-state index in [-0.39, 0.29) is 11.1 Å². The lowest BCUT2D eigenvalue weighted by Gasteiger charge is -2.09. The number of hydrazone groups is 1. The van der Waals surface area contributed by atoms with Crippen LogP contribution in [0.1, 0.15) is 36.2 Å². The van der Waals surface area contributed by atoms with E-state index < -0.39 is 5.91 Å². The first-order valence-electron chi connectivity index (χ1n) is 8.12. The highest BCUT2D eigenvalue weighted by Crippen LogP contribution is 2.33. The van der Waals surface area contributed by atoms with Gasteiger partial charge in [-0.2, -0.15) is 5.10 Å². The summed E-state index contributed by atoms with van der Waals surface area (Å²) in [6, 6.07) is 6.34. The number of pyridine rings is 1. The molecule has 26 heavy (non-hydrogen) atoms. The molecule has 8 heteroatoms. The van der Waals surface area contributed by atoms with E-state index in [1.54, 1.807) is 24.4 Å². The summed E-state index contributed by atoms with van der Waals surface area (Å²) in [5, 5.41) is 4.57. The van der Waals surface area contributed by atoms with E-state index in [4.69, 9.17) is 27.9 Å². The van der Waals surface area contributed by atoms with Gasteiger partial charge in [0.1, 0.15) is 5.56 Å². The number of rotatable bonds is 7. The van der Waals surface area contributed by atoms with E-state index in [2.05, 4.69) is 10.5 Å². The zero-order chi connectivity index (χ0) is 19.1. The Hall–Kier alpha value is -2.31. The molecule has 0 spiro atoms. The molecule has 1 amide bonds. The molecule has 0 atom stereocenters. The summed E-state index contributed by atoms with van der Waals surface area (Å²) >= 11 is 12.3. The van der Waals surface area contributed by atoms with Crippen LogP contribution in [-0.4, -0.2) is 23.3 Å². The van der Waals surface area contributed by atoms with Gasteiger partial charge in [0.2, 0.25) is 0 Å². The number of aryl methyl sites for hydroxylation is 1. The lowest BCUT2D eigenvalue weighted by molar-refractivity contribution is 0.0953. The number of aromatic nitrogens is 1. The highest BCUT2D eigenvalue weighted by Gasteiger charge is 2.11. The number of hydrogen-bond donors (Lipinski definition) is 1. The van der Waals surface area contributed by atoms with Crippen LogP contribution in [0.4, 0.5) is 0 Å². The number of hydrogen-bond acceptors (Lipinski definition) is 4. The summed E-state index contributed by atoms with van der Waals surface area (Å²) in [6.45, 7) is 4.79. The van der Waals surface area contributed by atoms with Crippen LogP contribution in [0.15, 0.2) is 40.4 Å². The molecule has 0 aliphatic carbocycles. The molecule has 0 aliphatic heterocycles. The van der Waals surface area contributed by atoms with Gasteiger partial charge in [0.05, 0.1) is 22.9 Å². The van der Waals surface area contributed by atoms with Crippen molar-refractivity contribution < 1.29 is 9.53 Å². The smallest absolute Gasteiger partial charge is 0.276 e. The molecule has 6 nitrogen and oxygen atoms in total. The quantitative estimate of drug-likeness (QED) is 0.573. The Balaban J connectivity index is 2.11. The number of halogens is 2. The molecule has 1 heterocycles. The van der Waals surface area contributed by atoms with Gasteiger partial charge in [-0.25, -0.2) is 5.43 Å². The Morgan fingerprint density at radius 2 is 2.00 bits per heavy atom. The van der Waals surface area contributed by atoms with Crippen molar-refractivity contribution >= 4 is 35.3 Å². The standard InChI is InChI=1S/C18H19Cl2N3O3/c1-3-8-26-16-14(19)9-12(10-15(16)20)11-21-22-17(24)13-6-5-7-23(4-2)18(13)25/h5-7,9-11H,3-4,8H2,1-2H3,(H,22,24)/b21-11-. The highest BCUT2D eigenvalue weighted by atomic mass is 35.5. The van der Waals surface area contributed by atoms with E-state index in [1.807, 2.05) is 13.8 Å². The molecule has 2 aromatic rings. The zero-order valence-corrected chi connectivity index (χ0v) is 16.0. The van der Waals surface area contributed by atoms with Gasteiger partial charge in [0, 0.05) is 12.7 Å². The summed E-state index contributed by atoms with van der Waals surface area (Å²) < 4.78 is 6.93. The largest absolute Gasteiger partial charge is 0.490 e.